The topological polar surface area (TPSA) is 47.4 Å². The molecule has 0 aliphatic carbocycles. The molecule has 3 aromatic rings. The number of hydrogen-bond donors (Lipinski definition) is 0. The summed E-state index contributed by atoms with van der Waals surface area (Å²) in [7, 11) is 1.40. The van der Waals surface area contributed by atoms with E-state index < -0.39 is 0 Å². The number of esters is 1. The third-order valence-electron chi connectivity index (χ3n) is 5.46. The summed E-state index contributed by atoms with van der Waals surface area (Å²) in [6.45, 7) is 5.28. The van der Waals surface area contributed by atoms with Crippen LogP contribution in [-0.4, -0.2) is 35.7 Å². The third-order valence-corrected chi connectivity index (χ3v) is 5.46. The van der Waals surface area contributed by atoms with E-state index >= 15 is 0 Å². The molecule has 2 aromatic heterocycles. The van der Waals surface area contributed by atoms with Gasteiger partial charge in [0, 0.05) is 31.2 Å². The maximum absolute atomic E-state index is 11.6. The zero-order valence-electron chi connectivity index (χ0n) is 15.9. The van der Waals surface area contributed by atoms with Crippen LogP contribution in [0.25, 0.3) is 11.0 Å². The van der Waals surface area contributed by atoms with E-state index in [1.54, 1.807) is 12.1 Å². The molecule has 4 rings (SSSR count). The molecule has 0 radical (unpaired) electrons. The van der Waals surface area contributed by atoms with Crippen LogP contribution in [0.5, 0.6) is 0 Å². The van der Waals surface area contributed by atoms with Crippen LogP contribution in [0, 0.1) is 5.92 Å². The van der Waals surface area contributed by atoms with Gasteiger partial charge in [-0.3, -0.25) is 0 Å². The summed E-state index contributed by atoms with van der Waals surface area (Å²) < 4.78 is 6.89. The van der Waals surface area contributed by atoms with Crippen molar-refractivity contribution in [1.82, 2.24) is 9.55 Å². The van der Waals surface area contributed by atoms with Crippen molar-refractivity contribution in [3.05, 3.63) is 59.9 Å². The van der Waals surface area contributed by atoms with Crippen molar-refractivity contribution in [3.8, 4) is 0 Å². The lowest BCUT2D eigenvalue weighted by Crippen LogP contribution is -2.32. The van der Waals surface area contributed by atoms with Gasteiger partial charge in [0.1, 0.15) is 5.65 Å². The van der Waals surface area contributed by atoms with Gasteiger partial charge in [0.2, 0.25) is 0 Å². The first-order chi connectivity index (χ1) is 13.1. The van der Waals surface area contributed by atoms with E-state index in [9.17, 15) is 4.79 Å². The lowest BCUT2D eigenvalue weighted by molar-refractivity contribution is 0.0600. The number of rotatable bonds is 4. The van der Waals surface area contributed by atoms with Crippen LogP contribution in [0.2, 0.25) is 0 Å². The van der Waals surface area contributed by atoms with Crippen LogP contribution in [0.3, 0.4) is 0 Å². The van der Waals surface area contributed by atoms with Gasteiger partial charge in [0.05, 0.1) is 24.6 Å². The van der Waals surface area contributed by atoms with E-state index in [-0.39, 0.29) is 5.97 Å². The number of carbonyl (C=O) groups is 1. The summed E-state index contributed by atoms with van der Waals surface area (Å²) in [6, 6.07) is 11.9. The smallest absolute Gasteiger partial charge is 0.337 e. The number of methoxy groups -OCH3 is 1. The van der Waals surface area contributed by atoms with Crippen molar-refractivity contribution in [2.45, 2.75) is 26.3 Å². The van der Waals surface area contributed by atoms with E-state index in [0.717, 1.165) is 42.1 Å². The van der Waals surface area contributed by atoms with Crippen LogP contribution in [-0.2, 0) is 11.3 Å². The number of ether oxygens (including phenoxy) is 1. The van der Waals surface area contributed by atoms with Gasteiger partial charge in [-0.05, 0) is 48.6 Å². The van der Waals surface area contributed by atoms with E-state index in [2.05, 4.69) is 34.7 Å². The molecule has 27 heavy (non-hydrogen) atoms. The van der Waals surface area contributed by atoms with Crippen LogP contribution in [0.1, 0.15) is 35.7 Å². The van der Waals surface area contributed by atoms with Crippen molar-refractivity contribution in [1.29, 1.82) is 0 Å². The minimum Gasteiger partial charge on any atom is -0.465 e. The summed E-state index contributed by atoms with van der Waals surface area (Å²) >= 11 is 0. The Balaban J connectivity index is 1.52. The Hall–Kier alpha value is -2.82. The Morgan fingerprint density at radius 1 is 1.19 bits per heavy atom. The number of piperidine rings is 1. The van der Waals surface area contributed by atoms with Gasteiger partial charge >= 0.3 is 5.97 Å². The van der Waals surface area contributed by atoms with Crippen molar-refractivity contribution < 1.29 is 9.53 Å². The first-order valence-electron chi connectivity index (χ1n) is 9.51. The third kappa shape index (κ3) is 3.68. The second-order valence-electron chi connectivity index (χ2n) is 7.41. The average Bonchev–Trinajstić information content (AvgIpc) is 3.10. The predicted octanol–water partition coefficient (Wildman–Crippen LogP) is 4.11. The van der Waals surface area contributed by atoms with Crippen molar-refractivity contribution in [3.63, 3.8) is 0 Å². The molecular formula is C22H25N3O2. The largest absolute Gasteiger partial charge is 0.465 e. The fourth-order valence-electron chi connectivity index (χ4n) is 3.69. The molecule has 1 saturated heterocycles. The van der Waals surface area contributed by atoms with E-state index in [1.807, 2.05) is 18.3 Å². The lowest BCUT2D eigenvalue weighted by atomic mass is 9.99. The Kier molecular flexibility index (Phi) is 4.84. The highest BCUT2D eigenvalue weighted by atomic mass is 16.5. The highest BCUT2D eigenvalue weighted by Crippen LogP contribution is 2.26. The minimum atomic E-state index is -0.311. The average molecular weight is 363 g/mol. The second kappa shape index (κ2) is 7.43. The maximum Gasteiger partial charge on any atom is 0.337 e. The standard InChI is InChI=1S/C22H25N3O2/c1-16-7-10-24(11-8-16)20-13-19-9-12-25(21(19)23-14-20)15-17-3-5-18(6-4-17)22(26)27-2/h3-6,9,12-14,16H,7-8,10-11,15H2,1-2H3. The molecular weight excluding hydrogens is 338 g/mol. The predicted molar refractivity (Wildman–Crippen MR) is 107 cm³/mol. The highest BCUT2D eigenvalue weighted by Gasteiger charge is 2.17. The Morgan fingerprint density at radius 2 is 1.93 bits per heavy atom. The van der Waals surface area contributed by atoms with Gasteiger partial charge in [-0.25, -0.2) is 9.78 Å². The molecule has 0 amide bonds. The molecule has 1 aliphatic rings. The normalized spacial score (nSPS) is 15.3. The van der Waals surface area contributed by atoms with Crippen molar-refractivity contribution >= 4 is 22.7 Å². The van der Waals surface area contributed by atoms with Crippen LogP contribution < -0.4 is 4.90 Å². The summed E-state index contributed by atoms with van der Waals surface area (Å²) in [4.78, 5) is 18.7. The van der Waals surface area contributed by atoms with Gasteiger partial charge < -0.3 is 14.2 Å². The number of hydrogen-bond acceptors (Lipinski definition) is 4. The monoisotopic (exact) mass is 363 g/mol. The highest BCUT2D eigenvalue weighted by molar-refractivity contribution is 5.89. The number of carbonyl (C=O) groups excluding carboxylic acids is 1. The maximum atomic E-state index is 11.6. The number of pyridine rings is 1. The molecule has 3 heterocycles. The number of anilines is 1. The van der Waals surface area contributed by atoms with Crippen LogP contribution >= 0.6 is 0 Å². The molecule has 0 atom stereocenters. The first kappa shape index (κ1) is 17.6. The summed E-state index contributed by atoms with van der Waals surface area (Å²) in [5, 5.41) is 1.16. The minimum absolute atomic E-state index is 0.311. The molecule has 0 saturated carbocycles. The van der Waals surface area contributed by atoms with Gasteiger partial charge in [-0.2, -0.15) is 0 Å². The fourth-order valence-corrected chi connectivity index (χ4v) is 3.69. The van der Waals surface area contributed by atoms with Gasteiger partial charge in [-0.1, -0.05) is 19.1 Å². The fraction of sp³-hybridized carbons (Fsp3) is 0.364. The number of nitrogens with zero attached hydrogens (tertiary/aromatic N) is 3. The quantitative estimate of drug-likeness (QED) is 0.655. The van der Waals surface area contributed by atoms with Crippen molar-refractivity contribution in [2.24, 2.45) is 5.92 Å². The van der Waals surface area contributed by atoms with Crippen molar-refractivity contribution in [2.75, 3.05) is 25.1 Å². The molecule has 1 aliphatic heterocycles. The van der Waals surface area contributed by atoms with Gasteiger partial charge in [0.25, 0.3) is 0 Å². The molecule has 0 bridgehead atoms. The first-order valence-corrected chi connectivity index (χ1v) is 9.51. The number of benzene rings is 1. The van der Waals surface area contributed by atoms with E-state index in [0.29, 0.717) is 5.56 Å². The molecule has 0 N–H and O–H groups in total. The summed E-state index contributed by atoms with van der Waals surface area (Å²) in [5.41, 5.74) is 3.89. The van der Waals surface area contributed by atoms with Gasteiger partial charge in [-0.15, -0.1) is 0 Å². The van der Waals surface area contributed by atoms with E-state index in [1.165, 1.54) is 25.6 Å². The lowest BCUT2D eigenvalue weighted by Gasteiger charge is -2.31. The number of aromatic nitrogens is 2. The molecule has 140 valence electrons. The number of fused-ring (bicyclic) bond motifs is 1. The van der Waals surface area contributed by atoms with Crippen LogP contribution in [0.15, 0.2) is 48.8 Å². The molecule has 0 unspecified atom stereocenters. The van der Waals surface area contributed by atoms with E-state index in [4.69, 9.17) is 9.72 Å². The zero-order chi connectivity index (χ0) is 18.8. The summed E-state index contributed by atoms with van der Waals surface area (Å²) in [5.74, 6) is 0.513. The Labute approximate surface area is 159 Å². The Bertz CT molecular complexity index is 938. The molecule has 0 spiro atoms. The van der Waals surface area contributed by atoms with Crippen LogP contribution in [0.4, 0.5) is 5.69 Å². The van der Waals surface area contributed by atoms with Gasteiger partial charge in [0.15, 0.2) is 0 Å². The molecule has 5 nitrogen and oxygen atoms in total. The molecule has 1 aromatic carbocycles. The molecule has 1 fully saturated rings. The SMILES string of the molecule is COC(=O)c1ccc(Cn2ccc3cc(N4CCC(C)CC4)cnc32)cc1. The second-order valence-corrected chi connectivity index (χ2v) is 7.41. The molecule has 5 heteroatoms. The zero-order valence-corrected chi connectivity index (χ0v) is 15.9. The summed E-state index contributed by atoms with van der Waals surface area (Å²) in [6.07, 6.45) is 6.57. The Morgan fingerprint density at radius 3 is 2.63 bits per heavy atom.